The quantitative estimate of drug-likeness (QED) is 0.695. The van der Waals surface area contributed by atoms with Gasteiger partial charge in [-0.25, -0.2) is 0 Å². The molecule has 4 N–H and O–H groups in total. The van der Waals surface area contributed by atoms with Crippen LogP contribution in [0.1, 0.15) is 50.4 Å². The Bertz CT molecular complexity index is 548. The molecule has 23 heavy (non-hydrogen) atoms. The number of halogens is 2. The number of benzene rings is 1. The van der Waals surface area contributed by atoms with Crippen molar-refractivity contribution in [3.63, 3.8) is 0 Å². The molecule has 0 spiro atoms. The zero-order valence-electron chi connectivity index (χ0n) is 13.7. The van der Waals surface area contributed by atoms with Crippen LogP contribution in [0.4, 0.5) is 5.69 Å². The van der Waals surface area contributed by atoms with Crippen LogP contribution in [0.5, 0.6) is 0 Å². The van der Waals surface area contributed by atoms with E-state index in [9.17, 15) is 9.59 Å². The molecular weight excluding hydrogens is 337 g/mol. The smallest absolute Gasteiger partial charge is 0.252 e. The van der Waals surface area contributed by atoms with E-state index < -0.39 is 5.54 Å². The minimum atomic E-state index is -0.932. The van der Waals surface area contributed by atoms with Crippen molar-refractivity contribution in [2.75, 3.05) is 11.9 Å². The van der Waals surface area contributed by atoms with E-state index >= 15 is 0 Å². The lowest BCUT2D eigenvalue weighted by atomic mass is 9.96. The molecule has 1 aromatic carbocycles. The monoisotopic (exact) mass is 361 g/mol. The Labute approximate surface area is 148 Å². The number of amides is 2. The van der Waals surface area contributed by atoms with E-state index in [1.807, 2.05) is 13.8 Å². The fourth-order valence-electron chi connectivity index (χ4n) is 2.02. The summed E-state index contributed by atoms with van der Waals surface area (Å²) in [7, 11) is 0. The fraction of sp³-hybridized carbons (Fsp3) is 0.500. The molecule has 0 saturated carbocycles. The summed E-state index contributed by atoms with van der Waals surface area (Å²) >= 11 is 6.12. The van der Waals surface area contributed by atoms with Crippen LogP contribution in [0.3, 0.4) is 0 Å². The third kappa shape index (κ3) is 6.37. The van der Waals surface area contributed by atoms with Gasteiger partial charge in [-0.15, -0.1) is 12.4 Å². The zero-order valence-corrected chi connectivity index (χ0v) is 15.3. The minimum Gasteiger partial charge on any atom is -0.352 e. The van der Waals surface area contributed by atoms with Crippen LogP contribution in [0, 0.1) is 0 Å². The first-order valence-electron chi connectivity index (χ1n) is 7.50. The van der Waals surface area contributed by atoms with Gasteiger partial charge in [-0.2, -0.15) is 0 Å². The van der Waals surface area contributed by atoms with Gasteiger partial charge in [0.05, 0.1) is 16.1 Å². The molecule has 7 heteroatoms. The molecular formula is C16H25Cl2N3O2. The van der Waals surface area contributed by atoms with Crippen LogP contribution in [-0.2, 0) is 4.79 Å². The molecule has 130 valence electrons. The molecule has 0 bridgehead atoms. The maximum Gasteiger partial charge on any atom is 0.252 e. The number of nitrogens with two attached hydrogens (primary N) is 1. The Morgan fingerprint density at radius 2 is 1.91 bits per heavy atom. The Morgan fingerprint density at radius 3 is 2.43 bits per heavy atom. The number of rotatable bonds is 7. The van der Waals surface area contributed by atoms with Crippen molar-refractivity contribution >= 4 is 41.5 Å². The van der Waals surface area contributed by atoms with Crippen LogP contribution in [0.2, 0.25) is 5.02 Å². The van der Waals surface area contributed by atoms with Gasteiger partial charge in [0, 0.05) is 12.2 Å². The molecule has 0 saturated heterocycles. The van der Waals surface area contributed by atoms with E-state index in [1.165, 1.54) is 0 Å². The first kappa shape index (κ1) is 21.7. The van der Waals surface area contributed by atoms with Crippen LogP contribution in [0.15, 0.2) is 18.2 Å². The van der Waals surface area contributed by atoms with Gasteiger partial charge in [-0.05, 0) is 38.0 Å². The summed E-state index contributed by atoms with van der Waals surface area (Å²) in [5, 5.41) is 5.79. The average molecular weight is 362 g/mol. The van der Waals surface area contributed by atoms with Crippen molar-refractivity contribution in [2.24, 2.45) is 5.73 Å². The molecule has 1 atom stereocenters. The molecule has 5 nitrogen and oxygen atoms in total. The van der Waals surface area contributed by atoms with Gasteiger partial charge in [-0.3, -0.25) is 9.59 Å². The average Bonchev–Trinajstić information content (AvgIpc) is 2.44. The van der Waals surface area contributed by atoms with Crippen molar-refractivity contribution in [1.29, 1.82) is 0 Å². The van der Waals surface area contributed by atoms with Gasteiger partial charge in [0.2, 0.25) is 5.91 Å². The molecule has 0 aromatic heterocycles. The van der Waals surface area contributed by atoms with Crippen molar-refractivity contribution in [2.45, 2.75) is 45.6 Å². The highest BCUT2D eigenvalue weighted by atomic mass is 35.5. The van der Waals surface area contributed by atoms with Gasteiger partial charge in [-0.1, -0.05) is 31.9 Å². The fourth-order valence-corrected chi connectivity index (χ4v) is 2.28. The number of carbonyl (C=O) groups is 2. The summed E-state index contributed by atoms with van der Waals surface area (Å²) < 4.78 is 0. The Kier molecular flexibility index (Phi) is 9.20. The predicted molar refractivity (Wildman–Crippen MR) is 97.5 cm³/mol. The van der Waals surface area contributed by atoms with E-state index in [1.54, 1.807) is 25.1 Å². The van der Waals surface area contributed by atoms with Gasteiger partial charge >= 0.3 is 0 Å². The number of anilines is 1. The molecule has 1 rings (SSSR count). The van der Waals surface area contributed by atoms with Crippen LogP contribution < -0.4 is 16.4 Å². The van der Waals surface area contributed by atoms with Gasteiger partial charge in [0.15, 0.2) is 0 Å². The lowest BCUT2D eigenvalue weighted by molar-refractivity contribution is -0.120. The second-order valence-electron chi connectivity index (χ2n) is 5.57. The topological polar surface area (TPSA) is 84.2 Å². The summed E-state index contributed by atoms with van der Waals surface area (Å²) in [6.45, 7) is 6.23. The number of carbonyl (C=O) groups excluding carboxylic acids is 2. The minimum absolute atomic E-state index is 0. The molecule has 2 amide bonds. The van der Waals surface area contributed by atoms with E-state index in [-0.39, 0.29) is 24.2 Å². The zero-order chi connectivity index (χ0) is 16.8. The van der Waals surface area contributed by atoms with Crippen molar-refractivity contribution in [1.82, 2.24) is 5.32 Å². The lowest BCUT2D eigenvalue weighted by Gasteiger charge is -2.23. The highest BCUT2D eigenvalue weighted by Gasteiger charge is 2.27. The molecule has 1 aromatic rings. The van der Waals surface area contributed by atoms with Gasteiger partial charge < -0.3 is 16.4 Å². The predicted octanol–water partition coefficient (Wildman–Crippen LogP) is 3.36. The summed E-state index contributed by atoms with van der Waals surface area (Å²) in [5.41, 5.74) is 5.96. The highest BCUT2D eigenvalue weighted by molar-refractivity contribution is 6.34. The maximum absolute atomic E-state index is 12.1. The van der Waals surface area contributed by atoms with E-state index in [2.05, 4.69) is 10.6 Å². The first-order valence-corrected chi connectivity index (χ1v) is 7.87. The van der Waals surface area contributed by atoms with Gasteiger partial charge in [0.1, 0.15) is 0 Å². The molecule has 0 aliphatic rings. The Morgan fingerprint density at radius 1 is 1.26 bits per heavy atom. The molecule has 0 heterocycles. The van der Waals surface area contributed by atoms with Crippen LogP contribution in [0.25, 0.3) is 0 Å². The molecule has 0 aliphatic heterocycles. The standard InChI is InChI=1S/C16H24ClN3O2.ClH/c1-4-8-16(3,18)15(22)20-11-6-7-12(13(17)10-11)14(21)19-9-5-2;/h6-7,10H,4-5,8-9,18H2,1-3H3,(H,19,21)(H,20,22);1H. The number of hydrogen-bond donors (Lipinski definition) is 3. The number of hydrogen-bond acceptors (Lipinski definition) is 3. The summed E-state index contributed by atoms with van der Waals surface area (Å²) in [6.07, 6.45) is 2.26. The third-order valence-electron chi connectivity index (χ3n) is 3.30. The normalized spacial score (nSPS) is 12.7. The first-order chi connectivity index (χ1) is 10.3. The molecule has 0 radical (unpaired) electrons. The summed E-state index contributed by atoms with van der Waals surface area (Å²) in [5.74, 6) is -0.493. The van der Waals surface area contributed by atoms with Crippen molar-refractivity contribution < 1.29 is 9.59 Å². The van der Waals surface area contributed by atoms with E-state index in [0.29, 0.717) is 29.2 Å². The summed E-state index contributed by atoms with van der Waals surface area (Å²) in [6, 6.07) is 4.80. The van der Waals surface area contributed by atoms with E-state index in [4.69, 9.17) is 17.3 Å². The second kappa shape index (κ2) is 9.75. The largest absolute Gasteiger partial charge is 0.352 e. The number of nitrogens with one attached hydrogen (secondary N) is 2. The maximum atomic E-state index is 12.1. The van der Waals surface area contributed by atoms with Crippen molar-refractivity contribution in [3.8, 4) is 0 Å². The highest BCUT2D eigenvalue weighted by Crippen LogP contribution is 2.22. The van der Waals surface area contributed by atoms with E-state index in [0.717, 1.165) is 12.8 Å². The summed E-state index contributed by atoms with van der Waals surface area (Å²) in [4.78, 5) is 24.0. The Hall–Kier alpha value is -1.30. The Balaban J connectivity index is 0.00000484. The second-order valence-corrected chi connectivity index (χ2v) is 5.98. The SMILES string of the molecule is CCCNC(=O)c1ccc(NC(=O)C(C)(N)CCC)cc1Cl.Cl. The third-order valence-corrected chi connectivity index (χ3v) is 3.61. The lowest BCUT2D eigenvalue weighted by Crippen LogP contribution is -2.48. The molecule has 0 aliphatic carbocycles. The molecule has 0 fully saturated rings. The molecule has 1 unspecified atom stereocenters. The van der Waals surface area contributed by atoms with Crippen molar-refractivity contribution in [3.05, 3.63) is 28.8 Å². The van der Waals surface area contributed by atoms with Crippen LogP contribution >= 0.6 is 24.0 Å². The van der Waals surface area contributed by atoms with Gasteiger partial charge in [0.25, 0.3) is 5.91 Å². The van der Waals surface area contributed by atoms with Crippen LogP contribution in [-0.4, -0.2) is 23.9 Å².